The van der Waals surface area contributed by atoms with Crippen LogP contribution >= 0.6 is 27.3 Å². The fourth-order valence-electron chi connectivity index (χ4n) is 4.77. The van der Waals surface area contributed by atoms with Crippen molar-refractivity contribution in [3.05, 3.63) is 67.7 Å². The summed E-state index contributed by atoms with van der Waals surface area (Å²) in [4.78, 5) is 29.5. The van der Waals surface area contributed by atoms with E-state index < -0.39 is 23.5 Å². The van der Waals surface area contributed by atoms with E-state index in [9.17, 15) is 14.7 Å². The molecular weight excluding hydrogens is 478 g/mol. The van der Waals surface area contributed by atoms with Crippen LogP contribution in [0.15, 0.2) is 55.9 Å². The molecule has 5 nitrogen and oxygen atoms in total. The number of furan rings is 1. The van der Waals surface area contributed by atoms with E-state index in [0.717, 1.165) is 52.4 Å². The summed E-state index contributed by atoms with van der Waals surface area (Å²) in [6, 6.07) is 8.61. The number of aryl methyl sites for hydroxylation is 1. The second kappa shape index (κ2) is 7.95. The molecular formula is C24H22BrNO4S. The predicted molar refractivity (Wildman–Crippen MR) is 123 cm³/mol. The number of ketones is 1. The number of nitrogens with zero attached hydrogens (tertiary/aromatic N) is 1. The molecule has 1 aliphatic carbocycles. The topological polar surface area (TPSA) is 70.7 Å². The first kappa shape index (κ1) is 20.5. The first-order chi connectivity index (χ1) is 15.0. The number of aliphatic hydroxyl groups is 1. The monoisotopic (exact) mass is 499 g/mol. The van der Waals surface area contributed by atoms with Crippen LogP contribution in [0.4, 0.5) is 0 Å². The Hall–Kier alpha value is -2.38. The Morgan fingerprint density at radius 2 is 1.97 bits per heavy atom. The molecule has 2 aromatic heterocycles. The summed E-state index contributed by atoms with van der Waals surface area (Å²) >= 11 is 4.95. The average Bonchev–Trinajstić information content (AvgIpc) is 3.44. The fraction of sp³-hybridized carbons (Fsp3) is 0.333. The lowest BCUT2D eigenvalue weighted by molar-refractivity contribution is -0.132. The molecule has 1 fully saturated rings. The van der Waals surface area contributed by atoms with E-state index >= 15 is 0 Å². The van der Waals surface area contributed by atoms with Gasteiger partial charge < -0.3 is 14.4 Å². The molecule has 31 heavy (non-hydrogen) atoms. The van der Waals surface area contributed by atoms with E-state index in [1.165, 1.54) is 11.3 Å². The van der Waals surface area contributed by atoms with Gasteiger partial charge in [-0.05, 0) is 61.0 Å². The summed E-state index contributed by atoms with van der Waals surface area (Å²) in [6.45, 7) is 1.98. The second-order valence-electron chi connectivity index (χ2n) is 8.26. The number of rotatable bonds is 4. The van der Waals surface area contributed by atoms with Crippen molar-refractivity contribution in [2.75, 3.05) is 0 Å². The lowest BCUT2D eigenvalue weighted by Crippen LogP contribution is -2.41. The lowest BCUT2D eigenvalue weighted by atomic mass is 9.91. The highest BCUT2D eigenvalue weighted by atomic mass is 79.9. The maximum atomic E-state index is 13.6. The standard InChI is InChI=1S/C24H22BrNO4S/c1-13-9-10-31-23(13)20-19(22(28)24(29)26(20)16-5-3-2-4-6-16)21(27)18-12-14-11-15(25)7-8-17(14)30-18/h7-12,16,20,28H,2-6H2,1H3. The van der Waals surface area contributed by atoms with Crippen LogP contribution in [0.1, 0.15) is 59.1 Å². The first-order valence-corrected chi connectivity index (χ1v) is 12.2. The molecule has 1 N–H and O–H groups in total. The predicted octanol–water partition coefficient (Wildman–Crippen LogP) is 6.48. The van der Waals surface area contributed by atoms with Crippen LogP contribution in [0.5, 0.6) is 0 Å². The largest absolute Gasteiger partial charge is 0.503 e. The van der Waals surface area contributed by atoms with Gasteiger partial charge in [0.1, 0.15) is 11.6 Å². The van der Waals surface area contributed by atoms with Crippen LogP contribution in [-0.2, 0) is 4.79 Å². The number of hydrogen-bond donors (Lipinski definition) is 1. The highest BCUT2D eigenvalue weighted by molar-refractivity contribution is 9.10. The molecule has 3 aromatic rings. The van der Waals surface area contributed by atoms with Gasteiger partial charge in [-0.1, -0.05) is 35.2 Å². The highest BCUT2D eigenvalue weighted by Gasteiger charge is 2.48. The summed E-state index contributed by atoms with van der Waals surface area (Å²) < 4.78 is 6.70. The van der Waals surface area contributed by atoms with Gasteiger partial charge in [0.25, 0.3) is 5.91 Å². The van der Waals surface area contributed by atoms with Crippen LogP contribution in [-0.4, -0.2) is 27.7 Å². The number of aliphatic hydroxyl groups excluding tert-OH is 1. The number of fused-ring (bicyclic) bond motifs is 1. The van der Waals surface area contributed by atoms with E-state index in [1.807, 2.05) is 30.5 Å². The highest BCUT2D eigenvalue weighted by Crippen LogP contribution is 2.45. The van der Waals surface area contributed by atoms with Gasteiger partial charge in [0.15, 0.2) is 11.5 Å². The molecule has 1 aromatic carbocycles. The third kappa shape index (κ3) is 3.44. The minimum Gasteiger partial charge on any atom is -0.503 e. The number of thiophene rings is 1. The molecule has 1 atom stereocenters. The number of hydrogen-bond acceptors (Lipinski definition) is 5. The maximum absolute atomic E-state index is 13.6. The first-order valence-electron chi connectivity index (χ1n) is 10.5. The zero-order chi connectivity index (χ0) is 21.7. The van der Waals surface area contributed by atoms with Crippen molar-refractivity contribution in [1.29, 1.82) is 0 Å². The van der Waals surface area contributed by atoms with Gasteiger partial charge in [0.2, 0.25) is 5.78 Å². The number of amides is 1. The van der Waals surface area contributed by atoms with Gasteiger partial charge >= 0.3 is 0 Å². The number of carbonyl (C=O) groups excluding carboxylic acids is 2. The molecule has 0 bridgehead atoms. The van der Waals surface area contributed by atoms with Crippen molar-refractivity contribution >= 4 is 49.9 Å². The van der Waals surface area contributed by atoms with E-state index in [-0.39, 0.29) is 17.4 Å². The Balaban J connectivity index is 1.61. The smallest absolute Gasteiger partial charge is 0.290 e. The van der Waals surface area contributed by atoms with Crippen LogP contribution in [0.25, 0.3) is 11.0 Å². The molecule has 1 unspecified atom stereocenters. The number of carbonyl (C=O) groups is 2. The van der Waals surface area contributed by atoms with Crippen LogP contribution in [0.2, 0.25) is 0 Å². The van der Waals surface area contributed by atoms with Gasteiger partial charge in [-0.25, -0.2) is 0 Å². The van der Waals surface area contributed by atoms with Gasteiger partial charge in [-0.15, -0.1) is 11.3 Å². The molecule has 0 spiro atoms. The van der Waals surface area contributed by atoms with Crippen molar-refractivity contribution in [3.63, 3.8) is 0 Å². The fourth-order valence-corrected chi connectivity index (χ4v) is 6.18. The van der Waals surface area contributed by atoms with Gasteiger partial charge in [0.05, 0.1) is 5.57 Å². The Labute approximate surface area is 192 Å². The molecule has 7 heteroatoms. The molecule has 5 rings (SSSR count). The van der Waals surface area contributed by atoms with E-state index in [2.05, 4.69) is 15.9 Å². The second-order valence-corrected chi connectivity index (χ2v) is 10.1. The Morgan fingerprint density at radius 1 is 1.19 bits per heavy atom. The van der Waals surface area contributed by atoms with Crippen LogP contribution < -0.4 is 0 Å². The summed E-state index contributed by atoms with van der Waals surface area (Å²) in [6.07, 6.45) is 5.03. The van der Waals surface area contributed by atoms with Crippen molar-refractivity contribution in [3.8, 4) is 0 Å². The van der Waals surface area contributed by atoms with Crippen LogP contribution in [0, 0.1) is 6.92 Å². The van der Waals surface area contributed by atoms with Gasteiger partial charge in [-0.2, -0.15) is 0 Å². The molecule has 1 saturated carbocycles. The maximum Gasteiger partial charge on any atom is 0.290 e. The molecule has 0 saturated heterocycles. The van der Waals surface area contributed by atoms with Crippen molar-refractivity contribution < 1.29 is 19.1 Å². The summed E-state index contributed by atoms with van der Waals surface area (Å²) in [5.41, 5.74) is 1.72. The quantitative estimate of drug-likeness (QED) is 0.417. The molecule has 1 aliphatic heterocycles. The average molecular weight is 500 g/mol. The van der Waals surface area contributed by atoms with Crippen LogP contribution in [0.3, 0.4) is 0 Å². The van der Waals surface area contributed by atoms with Crippen molar-refractivity contribution in [1.82, 2.24) is 4.90 Å². The van der Waals surface area contributed by atoms with E-state index in [4.69, 9.17) is 4.42 Å². The Bertz CT molecular complexity index is 1220. The van der Waals surface area contributed by atoms with E-state index in [0.29, 0.717) is 5.58 Å². The number of halogens is 1. The van der Waals surface area contributed by atoms with Crippen molar-refractivity contribution in [2.45, 2.75) is 51.1 Å². The number of Topliss-reactive ketones (excluding diaryl/α,β-unsaturated/α-hetero) is 1. The van der Waals surface area contributed by atoms with Gasteiger partial charge in [-0.3, -0.25) is 9.59 Å². The van der Waals surface area contributed by atoms with Crippen molar-refractivity contribution in [2.24, 2.45) is 0 Å². The molecule has 1 amide bonds. The minimum atomic E-state index is -0.581. The molecule has 3 heterocycles. The molecule has 2 aliphatic rings. The third-order valence-electron chi connectivity index (χ3n) is 6.31. The summed E-state index contributed by atoms with van der Waals surface area (Å²) in [5.74, 6) is -1.21. The summed E-state index contributed by atoms with van der Waals surface area (Å²) in [7, 11) is 0. The Kier molecular flexibility index (Phi) is 5.26. The number of benzene rings is 1. The lowest BCUT2D eigenvalue weighted by Gasteiger charge is -2.36. The Morgan fingerprint density at radius 3 is 2.68 bits per heavy atom. The molecule has 160 valence electrons. The zero-order valence-electron chi connectivity index (χ0n) is 17.1. The zero-order valence-corrected chi connectivity index (χ0v) is 19.5. The summed E-state index contributed by atoms with van der Waals surface area (Å²) in [5, 5.41) is 13.6. The SMILES string of the molecule is Cc1ccsc1C1C(C(=O)c2cc3cc(Br)ccc3o2)=C(O)C(=O)N1C1CCCCC1. The van der Waals surface area contributed by atoms with Gasteiger partial charge in [0, 0.05) is 20.8 Å². The minimum absolute atomic E-state index is 0.0202. The normalized spacial score (nSPS) is 20.3. The van der Waals surface area contributed by atoms with E-state index in [1.54, 1.807) is 17.0 Å². The third-order valence-corrected chi connectivity index (χ3v) is 7.87. The molecule has 0 radical (unpaired) electrons.